The number of methoxy groups -OCH3 is 3. The summed E-state index contributed by atoms with van der Waals surface area (Å²) in [5.41, 5.74) is 2.23. The summed E-state index contributed by atoms with van der Waals surface area (Å²) in [7, 11) is 4.74. The third-order valence-electron chi connectivity index (χ3n) is 4.04. The fraction of sp³-hybridized carbons (Fsp3) is 0.190. The number of rotatable bonds is 8. The van der Waals surface area contributed by atoms with Crippen molar-refractivity contribution < 1.29 is 19.0 Å². The normalized spacial score (nSPS) is 10.3. The first-order valence-electron chi connectivity index (χ1n) is 8.75. The molecule has 0 unspecified atom stereocenters. The Labute approximate surface area is 173 Å². The van der Waals surface area contributed by atoms with Gasteiger partial charge in [-0.3, -0.25) is 4.79 Å². The van der Waals surface area contributed by atoms with Crippen LogP contribution < -0.4 is 19.5 Å². The molecule has 0 aliphatic carbocycles. The van der Waals surface area contributed by atoms with Crippen LogP contribution in [0.2, 0.25) is 0 Å². The highest BCUT2D eigenvalue weighted by Crippen LogP contribution is 2.29. The molecule has 1 heterocycles. The molecule has 0 bridgehead atoms. The summed E-state index contributed by atoms with van der Waals surface area (Å²) in [5, 5.41) is 11.9. The lowest BCUT2D eigenvalue weighted by molar-refractivity contribution is -0.113. The number of thioether (sulfide) groups is 1. The van der Waals surface area contributed by atoms with E-state index in [9.17, 15) is 4.79 Å². The predicted octanol–water partition coefficient (Wildman–Crippen LogP) is 3.90. The Morgan fingerprint density at radius 1 is 0.931 bits per heavy atom. The number of nitrogens with zero attached hydrogens (tertiary/aromatic N) is 2. The molecule has 0 fully saturated rings. The molecule has 29 heavy (non-hydrogen) atoms. The highest BCUT2D eigenvalue weighted by Gasteiger charge is 2.10. The van der Waals surface area contributed by atoms with E-state index in [0.29, 0.717) is 22.2 Å². The van der Waals surface area contributed by atoms with Gasteiger partial charge >= 0.3 is 0 Å². The van der Waals surface area contributed by atoms with E-state index in [0.717, 1.165) is 17.0 Å². The topological polar surface area (TPSA) is 82.6 Å². The summed E-state index contributed by atoms with van der Waals surface area (Å²) in [6.45, 7) is 0. The number of ether oxygens (including phenoxy) is 3. The Kier molecular flexibility index (Phi) is 6.91. The summed E-state index contributed by atoms with van der Waals surface area (Å²) in [6, 6.07) is 16.5. The van der Waals surface area contributed by atoms with Gasteiger partial charge in [0.25, 0.3) is 0 Å². The molecule has 1 aromatic heterocycles. The molecule has 0 atom stereocenters. The zero-order valence-corrected chi connectivity index (χ0v) is 17.2. The standard InChI is InChI=1S/C21H21N3O4S/c1-26-15-6-4-5-14(11-15)17-9-10-21(24-23-17)29-13-20(25)22-18-8-7-16(27-2)12-19(18)28-3/h4-12H,13H2,1-3H3,(H,22,25). The van der Waals surface area contributed by atoms with Gasteiger partial charge < -0.3 is 19.5 Å². The van der Waals surface area contributed by atoms with Crippen molar-refractivity contribution in [2.24, 2.45) is 0 Å². The molecule has 0 radical (unpaired) electrons. The van der Waals surface area contributed by atoms with Gasteiger partial charge in [-0.25, -0.2) is 0 Å². The number of benzene rings is 2. The van der Waals surface area contributed by atoms with Crippen molar-refractivity contribution in [3.05, 3.63) is 54.6 Å². The van der Waals surface area contributed by atoms with Gasteiger partial charge in [-0.15, -0.1) is 10.2 Å². The van der Waals surface area contributed by atoms with Crippen molar-refractivity contribution in [3.8, 4) is 28.5 Å². The van der Waals surface area contributed by atoms with Crippen molar-refractivity contribution in [1.29, 1.82) is 0 Å². The predicted molar refractivity (Wildman–Crippen MR) is 113 cm³/mol. The minimum atomic E-state index is -0.169. The first kappa shape index (κ1) is 20.5. The fourth-order valence-electron chi connectivity index (χ4n) is 2.56. The largest absolute Gasteiger partial charge is 0.497 e. The van der Waals surface area contributed by atoms with Crippen molar-refractivity contribution in [1.82, 2.24) is 10.2 Å². The van der Waals surface area contributed by atoms with E-state index in [1.54, 1.807) is 39.5 Å². The van der Waals surface area contributed by atoms with E-state index >= 15 is 0 Å². The van der Waals surface area contributed by atoms with Crippen LogP contribution in [-0.4, -0.2) is 43.2 Å². The number of hydrogen-bond donors (Lipinski definition) is 1. The molecule has 3 rings (SSSR count). The highest BCUT2D eigenvalue weighted by molar-refractivity contribution is 7.99. The number of carbonyl (C=O) groups is 1. The third kappa shape index (κ3) is 5.39. The number of anilines is 1. The molecule has 3 aromatic rings. The summed E-state index contributed by atoms with van der Waals surface area (Å²) in [6.07, 6.45) is 0. The van der Waals surface area contributed by atoms with E-state index in [1.807, 2.05) is 36.4 Å². The summed E-state index contributed by atoms with van der Waals surface area (Å²) in [5.74, 6) is 1.97. The summed E-state index contributed by atoms with van der Waals surface area (Å²) < 4.78 is 15.7. The fourth-order valence-corrected chi connectivity index (χ4v) is 3.17. The Balaban J connectivity index is 1.59. The molecule has 7 nitrogen and oxygen atoms in total. The van der Waals surface area contributed by atoms with Crippen molar-refractivity contribution in [3.63, 3.8) is 0 Å². The van der Waals surface area contributed by atoms with Gasteiger partial charge in [-0.2, -0.15) is 0 Å². The van der Waals surface area contributed by atoms with Gasteiger partial charge in [0.2, 0.25) is 5.91 Å². The van der Waals surface area contributed by atoms with Crippen LogP contribution in [0.1, 0.15) is 0 Å². The van der Waals surface area contributed by atoms with Crippen LogP contribution in [0.3, 0.4) is 0 Å². The number of amides is 1. The molecule has 2 aromatic carbocycles. The van der Waals surface area contributed by atoms with Crippen LogP contribution in [0.25, 0.3) is 11.3 Å². The average molecular weight is 411 g/mol. The van der Waals surface area contributed by atoms with E-state index < -0.39 is 0 Å². The maximum Gasteiger partial charge on any atom is 0.234 e. The number of nitrogens with one attached hydrogen (secondary N) is 1. The van der Waals surface area contributed by atoms with Crippen LogP contribution >= 0.6 is 11.8 Å². The van der Waals surface area contributed by atoms with E-state index in [2.05, 4.69) is 15.5 Å². The van der Waals surface area contributed by atoms with Crippen LogP contribution in [-0.2, 0) is 4.79 Å². The molecule has 8 heteroatoms. The lowest BCUT2D eigenvalue weighted by Crippen LogP contribution is -2.14. The second-order valence-electron chi connectivity index (χ2n) is 5.89. The van der Waals surface area contributed by atoms with Crippen molar-refractivity contribution in [2.45, 2.75) is 5.03 Å². The van der Waals surface area contributed by atoms with Gasteiger partial charge in [0.05, 0.1) is 38.5 Å². The molecule has 1 N–H and O–H groups in total. The molecule has 0 spiro atoms. The molecule has 150 valence electrons. The zero-order chi connectivity index (χ0) is 20.6. The summed E-state index contributed by atoms with van der Waals surface area (Å²) in [4.78, 5) is 12.3. The van der Waals surface area contributed by atoms with Gasteiger partial charge in [0, 0.05) is 11.6 Å². The highest BCUT2D eigenvalue weighted by atomic mass is 32.2. The average Bonchev–Trinajstić information content (AvgIpc) is 2.78. The first-order chi connectivity index (χ1) is 14.1. The summed E-state index contributed by atoms with van der Waals surface area (Å²) >= 11 is 1.30. The van der Waals surface area contributed by atoms with Crippen LogP contribution in [0.5, 0.6) is 17.2 Å². The first-order valence-corrected chi connectivity index (χ1v) is 9.74. The molecule has 0 aliphatic rings. The number of carbonyl (C=O) groups excluding carboxylic acids is 1. The van der Waals surface area contributed by atoms with Crippen LogP contribution in [0.4, 0.5) is 5.69 Å². The number of hydrogen-bond acceptors (Lipinski definition) is 7. The molecule has 1 amide bonds. The third-order valence-corrected chi connectivity index (χ3v) is 4.96. The lowest BCUT2D eigenvalue weighted by Gasteiger charge is -2.11. The SMILES string of the molecule is COc1cccc(-c2ccc(SCC(=O)Nc3ccc(OC)cc3OC)nn2)c1. The van der Waals surface area contributed by atoms with Gasteiger partial charge in [-0.05, 0) is 36.4 Å². The minimum Gasteiger partial charge on any atom is -0.497 e. The van der Waals surface area contributed by atoms with Crippen LogP contribution in [0, 0.1) is 0 Å². The number of aromatic nitrogens is 2. The molecule has 0 saturated carbocycles. The van der Waals surface area contributed by atoms with E-state index in [4.69, 9.17) is 14.2 Å². The van der Waals surface area contributed by atoms with Gasteiger partial charge in [-0.1, -0.05) is 23.9 Å². The Morgan fingerprint density at radius 2 is 1.72 bits per heavy atom. The van der Waals surface area contributed by atoms with Gasteiger partial charge in [0.1, 0.15) is 22.3 Å². The Hall–Kier alpha value is -3.26. The Bertz CT molecular complexity index is 980. The second-order valence-corrected chi connectivity index (χ2v) is 6.89. The monoisotopic (exact) mass is 411 g/mol. The van der Waals surface area contributed by atoms with E-state index in [-0.39, 0.29) is 11.7 Å². The van der Waals surface area contributed by atoms with Crippen molar-refractivity contribution >= 4 is 23.4 Å². The maximum atomic E-state index is 12.3. The molecule has 0 aliphatic heterocycles. The zero-order valence-electron chi connectivity index (χ0n) is 16.3. The molecular weight excluding hydrogens is 390 g/mol. The molecule has 0 saturated heterocycles. The Morgan fingerprint density at radius 3 is 2.41 bits per heavy atom. The minimum absolute atomic E-state index is 0.169. The second kappa shape index (κ2) is 9.79. The van der Waals surface area contributed by atoms with Crippen LogP contribution in [0.15, 0.2) is 59.6 Å². The molecular formula is C21H21N3O4S. The maximum absolute atomic E-state index is 12.3. The van der Waals surface area contributed by atoms with Crippen molar-refractivity contribution in [2.75, 3.05) is 32.4 Å². The van der Waals surface area contributed by atoms with E-state index in [1.165, 1.54) is 11.8 Å². The quantitative estimate of drug-likeness (QED) is 0.563. The van der Waals surface area contributed by atoms with Gasteiger partial charge in [0.15, 0.2) is 0 Å². The smallest absolute Gasteiger partial charge is 0.234 e. The lowest BCUT2D eigenvalue weighted by atomic mass is 10.1.